The standard InChI is InChI=1S/C10H13N5O/c1-10(2,9(13)16)15-8-6(4-11)3-7(12)5-14-8/h3,5H,12H2,1-2H3,(H2,13,16)(H,14,15). The summed E-state index contributed by atoms with van der Waals surface area (Å²) >= 11 is 0. The van der Waals surface area contributed by atoms with E-state index in [0.717, 1.165) is 0 Å². The van der Waals surface area contributed by atoms with E-state index in [2.05, 4.69) is 10.3 Å². The highest BCUT2D eigenvalue weighted by atomic mass is 16.1. The van der Waals surface area contributed by atoms with Crippen molar-refractivity contribution in [2.24, 2.45) is 5.73 Å². The first-order valence-corrected chi connectivity index (χ1v) is 4.60. The first-order valence-electron chi connectivity index (χ1n) is 4.60. The Hall–Kier alpha value is -2.29. The molecule has 16 heavy (non-hydrogen) atoms. The van der Waals surface area contributed by atoms with Crippen LogP contribution in [0.3, 0.4) is 0 Å². The number of nitrogen functional groups attached to an aromatic ring is 1. The minimum absolute atomic E-state index is 0.273. The van der Waals surface area contributed by atoms with E-state index >= 15 is 0 Å². The Labute approximate surface area is 93.3 Å². The van der Waals surface area contributed by atoms with Crippen LogP contribution in [0.25, 0.3) is 0 Å². The molecule has 0 aliphatic rings. The van der Waals surface area contributed by atoms with Crippen LogP contribution in [0.4, 0.5) is 11.5 Å². The lowest BCUT2D eigenvalue weighted by Gasteiger charge is -2.23. The van der Waals surface area contributed by atoms with Crippen molar-refractivity contribution in [1.29, 1.82) is 5.26 Å². The molecule has 0 unspecified atom stereocenters. The fraction of sp³-hybridized carbons (Fsp3) is 0.300. The lowest BCUT2D eigenvalue weighted by atomic mass is 10.0. The molecule has 0 saturated carbocycles. The third kappa shape index (κ3) is 2.39. The third-order valence-electron chi connectivity index (χ3n) is 2.08. The van der Waals surface area contributed by atoms with Crippen LogP contribution in [0.15, 0.2) is 12.3 Å². The molecule has 84 valence electrons. The molecule has 0 aromatic carbocycles. The molecule has 0 saturated heterocycles. The SMILES string of the molecule is CC(C)(Nc1ncc(N)cc1C#N)C(N)=O. The van der Waals surface area contributed by atoms with Crippen molar-refractivity contribution in [3.8, 4) is 6.07 Å². The lowest BCUT2D eigenvalue weighted by molar-refractivity contribution is -0.121. The van der Waals surface area contributed by atoms with Gasteiger partial charge in [0.2, 0.25) is 5.91 Å². The maximum atomic E-state index is 11.1. The molecule has 0 atom stereocenters. The number of carbonyl (C=O) groups is 1. The highest BCUT2D eigenvalue weighted by Crippen LogP contribution is 2.18. The number of hydrogen-bond donors (Lipinski definition) is 3. The van der Waals surface area contributed by atoms with Gasteiger partial charge in [-0.1, -0.05) is 0 Å². The quantitative estimate of drug-likeness (QED) is 0.671. The van der Waals surface area contributed by atoms with Crippen LogP contribution in [-0.2, 0) is 4.79 Å². The maximum Gasteiger partial charge on any atom is 0.242 e. The first kappa shape index (κ1) is 11.8. The molecule has 0 aliphatic heterocycles. The van der Waals surface area contributed by atoms with Crippen LogP contribution in [-0.4, -0.2) is 16.4 Å². The number of primary amides is 1. The zero-order valence-corrected chi connectivity index (χ0v) is 9.11. The Bertz CT molecular complexity index is 461. The summed E-state index contributed by atoms with van der Waals surface area (Å²) in [4.78, 5) is 15.1. The van der Waals surface area contributed by atoms with Crippen molar-refractivity contribution < 1.29 is 4.79 Å². The molecule has 0 radical (unpaired) electrons. The van der Waals surface area contributed by atoms with E-state index in [-0.39, 0.29) is 5.56 Å². The van der Waals surface area contributed by atoms with Crippen molar-refractivity contribution in [2.45, 2.75) is 19.4 Å². The minimum Gasteiger partial charge on any atom is -0.397 e. The van der Waals surface area contributed by atoms with Gasteiger partial charge in [0.25, 0.3) is 0 Å². The van der Waals surface area contributed by atoms with E-state index in [0.29, 0.717) is 11.5 Å². The Morgan fingerprint density at radius 3 is 2.75 bits per heavy atom. The number of anilines is 2. The largest absolute Gasteiger partial charge is 0.397 e. The van der Waals surface area contributed by atoms with Gasteiger partial charge in [0.1, 0.15) is 17.4 Å². The van der Waals surface area contributed by atoms with E-state index in [1.807, 2.05) is 6.07 Å². The molecule has 6 nitrogen and oxygen atoms in total. The number of rotatable bonds is 3. The maximum absolute atomic E-state index is 11.1. The number of nitriles is 1. The molecule has 0 fully saturated rings. The van der Waals surface area contributed by atoms with Crippen LogP contribution in [0.2, 0.25) is 0 Å². The molecule has 1 aromatic rings. The van der Waals surface area contributed by atoms with E-state index < -0.39 is 11.4 Å². The van der Waals surface area contributed by atoms with E-state index in [1.54, 1.807) is 13.8 Å². The van der Waals surface area contributed by atoms with Gasteiger partial charge in [0, 0.05) is 0 Å². The summed E-state index contributed by atoms with van der Waals surface area (Å²) in [6, 6.07) is 3.42. The van der Waals surface area contributed by atoms with Crippen molar-refractivity contribution in [2.75, 3.05) is 11.1 Å². The molecular weight excluding hydrogens is 206 g/mol. The zero-order chi connectivity index (χ0) is 12.3. The molecular formula is C10H13N5O. The Morgan fingerprint density at radius 1 is 1.62 bits per heavy atom. The van der Waals surface area contributed by atoms with E-state index in [1.165, 1.54) is 12.3 Å². The van der Waals surface area contributed by atoms with E-state index in [4.69, 9.17) is 16.7 Å². The number of amides is 1. The highest BCUT2D eigenvalue weighted by molar-refractivity contribution is 5.87. The van der Waals surface area contributed by atoms with Crippen LogP contribution < -0.4 is 16.8 Å². The van der Waals surface area contributed by atoms with Crippen LogP contribution in [0, 0.1) is 11.3 Å². The van der Waals surface area contributed by atoms with Gasteiger partial charge in [0.05, 0.1) is 17.4 Å². The van der Waals surface area contributed by atoms with Crippen molar-refractivity contribution in [1.82, 2.24) is 4.98 Å². The normalized spacial score (nSPS) is 10.6. The fourth-order valence-corrected chi connectivity index (χ4v) is 1.02. The van der Waals surface area contributed by atoms with Crippen molar-refractivity contribution in [3.63, 3.8) is 0 Å². The second-order valence-corrected chi connectivity index (χ2v) is 3.89. The molecule has 6 heteroatoms. The molecule has 1 aromatic heterocycles. The number of hydrogen-bond acceptors (Lipinski definition) is 5. The minimum atomic E-state index is -0.977. The van der Waals surface area contributed by atoms with Gasteiger partial charge in [-0.15, -0.1) is 0 Å². The number of pyridine rings is 1. The average Bonchev–Trinajstić information content (AvgIpc) is 2.20. The highest BCUT2D eigenvalue weighted by Gasteiger charge is 2.25. The number of nitrogens with zero attached hydrogens (tertiary/aromatic N) is 2. The Morgan fingerprint density at radius 2 is 2.25 bits per heavy atom. The molecule has 5 N–H and O–H groups in total. The van der Waals surface area contributed by atoms with Gasteiger partial charge in [0.15, 0.2) is 0 Å². The second-order valence-electron chi connectivity index (χ2n) is 3.89. The van der Waals surface area contributed by atoms with Crippen LogP contribution in [0.1, 0.15) is 19.4 Å². The van der Waals surface area contributed by atoms with Gasteiger partial charge in [-0.25, -0.2) is 4.98 Å². The summed E-state index contributed by atoms with van der Waals surface area (Å²) in [6.45, 7) is 3.21. The van der Waals surface area contributed by atoms with Gasteiger partial charge in [-0.05, 0) is 19.9 Å². The fourth-order valence-electron chi connectivity index (χ4n) is 1.02. The molecule has 1 rings (SSSR count). The Balaban J connectivity index is 3.08. The van der Waals surface area contributed by atoms with Crippen molar-refractivity contribution in [3.05, 3.63) is 17.8 Å². The molecule has 1 heterocycles. The predicted octanol–water partition coefficient (Wildman–Crippen LogP) is 0.211. The van der Waals surface area contributed by atoms with Gasteiger partial charge in [-0.3, -0.25) is 4.79 Å². The summed E-state index contributed by atoms with van der Waals surface area (Å²) in [5.41, 5.74) is 10.4. The van der Waals surface area contributed by atoms with Crippen LogP contribution >= 0.6 is 0 Å². The number of aromatic nitrogens is 1. The summed E-state index contributed by atoms with van der Waals surface area (Å²) < 4.78 is 0. The smallest absolute Gasteiger partial charge is 0.242 e. The summed E-state index contributed by atoms with van der Waals surface area (Å²) in [5.74, 6) is -0.240. The molecule has 1 amide bonds. The van der Waals surface area contributed by atoms with Gasteiger partial charge < -0.3 is 16.8 Å². The monoisotopic (exact) mass is 219 g/mol. The third-order valence-corrected chi connectivity index (χ3v) is 2.08. The molecule has 0 bridgehead atoms. The summed E-state index contributed by atoms with van der Waals surface area (Å²) in [6.07, 6.45) is 1.40. The average molecular weight is 219 g/mol. The van der Waals surface area contributed by atoms with E-state index in [9.17, 15) is 4.79 Å². The number of nitrogens with one attached hydrogen (secondary N) is 1. The molecule has 0 spiro atoms. The zero-order valence-electron chi connectivity index (χ0n) is 9.11. The second kappa shape index (κ2) is 4.06. The summed E-state index contributed by atoms with van der Waals surface area (Å²) in [5, 5.41) is 11.7. The van der Waals surface area contributed by atoms with Gasteiger partial charge >= 0.3 is 0 Å². The first-order chi connectivity index (χ1) is 7.36. The predicted molar refractivity (Wildman–Crippen MR) is 60.3 cm³/mol. The van der Waals surface area contributed by atoms with Crippen LogP contribution in [0.5, 0.6) is 0 Å². The summed E-state index contributed by atoms with van der Waals surface area (Å²) in [7, 11) is 0. The molecule has 0 aliphatic carbocycles. The number of nitrogens with two attached hydrogens (primary N) is 2. The Kier molecular flexibility index (Phi) is 2.99. The lowest BCUT2D eigenvalue weighted by Crippen LogP contribution is -2.45. The van der Waals surface area contributed by atoms with Gasteiger partial charge in [-0.2, -0.15) is 5.26 Å². The topological polar surface area (TPSA) is 118 Å². The number of carbonyl (C=O) groups excluding carboxylic acids is 1. The van der Waals surface area contributed by atoms with Crippen molar-refractivity contribution >= 4 is 17.4 Å².